The lowest BCUT2D eigenvalue weighted by Gasteiger charge is -2.13. The lowest BCUT2D eigenvalue weighted by atomic mass is 10.2. The second kappa shape index (κ2) is 7.35. The molecule has 0 aromatic heterocycles. The highest BCUT2D eigenvalue weighted by molar-refractivity contribution is 7.87. The Balaban J connectivity index is 2.39. The second-order valence-corrected chi connectivity index (χ2v) is 6.65. The van der Waals surface area contributed by atoms with E-state index in [4.69, 9.17) is 8.92 Å². The van der Waals surface area contributed by atoms with E-state index in [2.05, 4.69) is 9.99 Å². The van der Waals surface area contributed by atoms with Crippen LogP contribution in [0.15, 0.2) is 46.4 Å². The molecule has 2 aromatic rings. The van der Waals surface area contributed by atoms with Crippen molar-refractivity contribution in [3.8, 4) is 11.5 Å². The van der Waals surface area contributed by atoms with Crippen molar-refractivity contribution in [3.05, 3.63) is 53.1 Å². The first-order valence-electron chi connectivity index (χ1n) is 7.13. The van der Waals surface area contributed by atoms with Crippen LogP contribution in [-0.4, -0.2) is 28.9 Å². The number of nitrogens with zero attached hydrogens (tertiary/aromatic N) is 1. The topological polar surface area (TPSA) is 74.2 Å². The van der Waals surface area contributed by atoms with Gasteiger partial charge in [-0.05, 0) is 49.2 Å². The van der Waals surface area contributed by atoms with Crippen LogP contribution in [0.1, 0.15) is 16.7 Å². The van der Waals surface area contributed by atoms with E-state index in [1.165, 1.54) is 26.5 Å². The van der Waals surface area contributed by atoms with Crippen molar-refractivity contribution in [2.75, 3.05) is 14.2 Å². The molecular weight excluding hydrogens is 330 g/mol. The molecule has 24 heavy (non-hydrogen) atoms. The van der Waals surface area contributed by atoms with Crippen LogP contribution in [0, 0.1) is 13.8 Å². The number of methoxy groups -OCH3 is 1. The van der Waals surface area contributed by atoms with Crippen molar-refractivity contribution in [2.24, 2.45) is 5.16 Å². The first kappa shape index (κ1) is 17.8. The zero-order valence-electron chi connectivity index (χ0n) is 13.9. The van der Waals surface area contributed by atoms with Gasteiger partial charge in [0.2, 0.25) is 0 Å². The Morgan fingerprint density at radius 1 is 1.00 bits per heavy atom. The highest BCUT2D eigenvalue weighted by atomic mass is 32.2. The minimum atomic E-state index is -3.97. The zero-order chi connectivity index (χ0) is 17.7. The number of oxime groups is 1. The fourth-order valence-electron chi connectivity index (χ4n) is 2.09. The molecule has 0 saturated heterocycles. The number of rotatable bonds is 6. The van der Waals surface area contributed by atoms with Crippen molar-refractivity contribution in [2.45, 2.75) is 18.7 Å². The number of hydrogen-bond donors (Lipinski definition) is 0. The van der Waals surface area contributed by atoms with Gasteiger partial charge in [0.15, 0.2) is 11.5 Å². The molecule has 0 amide bonds. The Morgan fingerprint density at radius 3 is 2.42 bits per heavy atom. The number of aryl methyl sites for hydroxylation is 2. The predicted molar refractivity (Wildman–Crippen MR) is 91.3 cm³/mol. The predicted octanol–water partition coefficient (Wildman–Crippen LogP) is 3.06. The van der Waals surface area contributed by atoms with Gasteiger partial charge in [0, 0.05) is 5.56 Å². The van der Waals surface area contributed by atoms with E-state index in [1.807, 2.05) is 13.0 Å². The molecule has 0 bridgehead atoms. The number of ether oxygens (including phenoxy) is 1. The molecule has 0 aliphatic rings. The third-order valence-corrected chi connectivity index (χ3v) is 4.68. The van der Waals surface area contributed by atoms with Gasteiger partial charge >= 0.3 is 10.1 Å². The second-order valence-electron chi connectivity index (χ2n) is 5.13. The summed E-state index contributed by atoms with van der Waals surface area (Å²) in [6, 6.07) is 9.94. The van der Waals surface area contributed by atoms with Gasteiger partial charge in [-0.1, -0.05) is 17.3 Å². The molecule has 0 N–H and O–H groups in total. The maximum Gasteiger partial charge on any atom is 0.339 e. The van der Waals surface area contributed by atoms with Crippen molar-refractivity contribution >= 4 is 16.3 Å². The van der Waals surface area contributed by atoms with Crippen LogP contribution in [0.2, 0.25) is 0 Å². The molecule has 0 heterocycles. The summed E-state index contributed by atoms with van der Waals surface area (Å²) >= 11 is 0. The Hall–Kier alpha value is -2.54. The molecule has 0 fully saturated rings. The summed E-state index contributed by atoms with van der Waals surface area (Å²) in [6.45, 7) is 3.54. The first-order chi connectivity index (χ1) is 11.4. The third-order valence-electron chi connectivity index (χ3n) is 3.31. The summed E-state index contributed by atoms with van der Waals surface area (Å²) in [5.74, 6) is 0.386. The van der Waals surface area contributed by atoms with Crippen LogP contribution in [0.25, 0.3) is 0 Å². The number of benzene rings is 2. The maximum absolute atomic E-state index is 12.6. The molecule has 0 unspecified atom stereocenters. The lowest BCUT2D eigenvalue weighted by Crippen LogP contribution is -2.12. The molecule has 2 rings (SSSR count). The lowest BCUT2D eigenvalue weighted by molar-refractivity contribution is 0.215. The molecular formula is C17H19NO5S. The van der Waals surface area contributed by atoms with Gasteiger partial charge in [-0.2, -0.15) is 8.42 Å². The van der Waals surface area contributed by atoms with Crippen molar-refractivity contribution in [1.82, 2.24) is 0 Å². The summed E-state index contributed by atoms with van der Waals surface area (Å²) in [7, 11) is -1.10. The Bertz CT molecular complexity index is 859. The molecule has 0 spiro atoms. The molecule has 2 aromatic carbocycles. The van der Waals surface area contributed by atoms with Crippen LogP contribution in [-0.2, 0) is 15.0 Å². The van der Waals surface area contributed by atoms with E-state index in [1.54, 1.807) is 31.2 Å². The number of hydrogen-bond acceptors (Lipinski definition) is 6. The van der Waals surface area contributed by atoms with Gasteiger partial charge in [0.05, 0.1) is 13.3 Å². The monoisotopic (exact) mass is 349 g/mol. The van der Waals surface area contributed by atoms with E-state index < -0.39 is 10.1 Å². The minimum absolute atomic E-state index is 0.105. The Kier molecular flexibility index (Phi) is 5.46. The fourth-order valence-corrected chi connectivity index (χ4v) is 3.34. The molecule has 0 aliphatic carbocycles. The summed E-state index contributed by atoms with van der Waals surface area (Å²) in [5, 5.41) is 3.65. The molecule has 0 atom stereocenters. The average molecular weight is 349 g/mol. The highest BCUT2D eigenvalue weighted by Crippen LogP contribution is 2.31. The maximum atomic E-state index is 12.6. The molecule has 0 saturated carbocycles. The summed E-state index contributed by atoms with van der Waals surface area (Å²) in [4.78, 5) is 4.75. The van der Waals surface area contributed by atoms with Crippen LogP contribution in [0.3, 0.4) is 0 Å². The largest absolute Gasteiger partial charge is 0.493 e. The summed E-state index contributed by atoms with van der Waals surface area (Å²) in [5.41, 5.74) is 2.13. The third kappa shape index (κ3) is 4.05. The van der Waals surface area contributed by atoms with Gasteiger partial charge in [-0.3, -0.25) is 0 Å². The molecule has 0 radical (unpaired) electrons. The molecule has 6 nitrogen and oxygen atoms in total. The Labute approximate surface area is 141 Å². The van der Waals surface area contributed by atoms with Crippen LogP contribution in [0.4, 0.5) is 0 Å². The van der Waals surface area contributed by atoms with E-state index >= 15 is 0 Å². The fraction of sp³-hybridized carbons (Fsp3) is 0.235. The normalized spacial score (nSPS) is 11.5. The van der Waals surface area contributed by atoms with Crippen molar-refractivity contribution in [3.63, 3.8) is 0 Å². The quantitative estimate of drug-likeness (QED) is 0.455. The van der Waals surface area contributed by atoms with Gasteiger partial charge in [-0.15, -0.1) is 0 Å². The van der Waals surface area contributed by atoms with Crippen molar-refractivity contribution in [1.29, 1.82) is 0 Å². The Morgan fingerprint density at radius 2 is 1.75 bits per heavy atom. The average Bonchev–Trinajstić information content (AvgIpc) is 2.55. The van der Waals surface area contributed by atoms with E-state index in [0.29, 0.717) is 11.1 Å². The minimum Gasteiger partial charge on any atom is -0.493 e. The molecule has 0 aliphatic heterocycles. The van der Waals surface area contributed by atoms with E-state index in [0.717, 1.165) is 5.56 Å². The standard InChI is InChI=1S/C17H19NO5S/c1-12-5-6-13(2)17(9-12)24(19,20)23-15-8-7-14(11-18-22-4)10-16(15)21-3/h5-11H,1-4H3/b18-11-. The van der Waals surface area contributed by atoms with Crippen molar-refractivity contribution < 1.29 is 22.2 Å². The van der Waals surface area contributed by atoms with Crippen LogP contribution >= 0.6 is 0 Å². The van der Waals surface area contributed by atoms with Gasteiger partial charge in [0.1, 0.15) is 12.0 Å². The van der Waals surface area contributed by atoms with Gasteiger partial charge in [-0.25, -0.2) is 0 Å². The first-order valence-corrected chi connectivity index (χ1v) is 8.54. The molecule has 128 valence electrons. The highest BCUT2D eigenvalue weighted by Gasteiger charge is 2.21. The zero-order valence-corrected chi connectivity index (χ0v) is 14.8. The van der Waals surface area contributed by atoms with Gasteiger partial charge < -0.3 is 13.8 Å². The van der Waals surface area contributed by atoms with Crippen LogP contribution < -0.4 is 8.92 Å². The smallest absolute Gasteiger partial charge is 0.339 e. The van der Waals surface area contributed by atoms with Crippen LogP contribution in [0.5, 0.6) is 11.5 Å². The summed E-state index contributed by atoms with van der Waals surface area (Å²) in [6.07, 6.45) is 1.48. The summed E-state index contributed by atoms with van der Waals surface area (Å²) < 4.78 is 35.6. The SMILES string of the molecule is CO/N=C\c1ccc(OS(=O)(=O)c2cc(C)ccc2C)c(OC)c1. The van der Waals surface area contributed by atoms with E-state index in [-0.39, 0.29) is 16.4 Å². The van der Waals surface area contributed by atoms with Gasteiger partial charge in [0.25, 0.3) is 0 Å². The molecule has 7 heteroatoms. The van der Waals surface area contributed by atoms with E-state index in [9.17, 15) is 8.42 Å².